The smallest absolute Gasteiger partial charge is 0.756 e. The van der Waals surface area contributed by atoms with Crippen LogP contribution in [0.25, 0.3) is 0 Å². The summed E-state index contributed by atoms with van der Waals surface area (Å²) in [5.74, 6) is -0.373. The van der Waals surface area contributed by atoms with E-state index >= 15 is 0 Å². The van der Waals surface area contributed by atoms with E-state index in [1.165, 1.54) is 0 Å². The van der Waals surface area contributed by atoms with Gasteiger partial charge >= 0.3 is 35.5 Å². The van der Waals surface area contributed by atoms with Crippen LogP contribution >= 0.6 is 19.4 Å². The molecule has 3 aliphatic carbocycles. The van der Waals surface area contributed by atoms with Crippen molar-refractivity contribution in [2.45, 2.75) is 80.5 Å². The summed E-state index contributed by atoms with van der Waals surface area (Å²) >= 11 is 6.98. The zero-order chi connectivity index (χ0) is 21.1. The number of fused-ring (bicyclic) bond motifs is 3. The third-order valence-corrected chi connectivity index (χ3v) is 10.9. The molecule has 0 aromatic carbocycles. The van der Waals surface area contributed by atoms with E-state index in [9.17, 15) is 14.3 Å². The van der Waals surface area contributed by atoms with Crippen molar-refractivity contribution >= 4 is 25.4 Å². The molecule has 0 bridgehead atoms. The Morgan fingerprint density at radius 3 is 2.74 bits per heavy atom. The molecule has 0 aromatic rings. The van der Waals surface area contributed by atoms with Crippen molar-refractivity contribution in [1.29, 1.82) is 0 Å². The number of epoxide rings is 2. The van der Waals surface area contributed by atoms with Gasteiger partial charge < -0.3 is 28.2 Å². The van der Waals surface area contributed by atoms with E-state index < -0.39 is 42.2 Å². The fourth-order valence-corrected chi connectivity index (χ4v) is 10.0. The fraction of sp³-hybridized carbons (Fsp3) is 0.850. The van der Waals surface area contributed by atoms with Crippen LogP contribution in [0.1, 0.15) is 40.0 Å². The van der Waals surface area contributed by atoms with Crippen LogP contribution in [0.2, 0.25) is 0 Å². The van der Waals surface area contributed by atoms with Crippen LogP contribution in [0.4, 0.5) is 0 Å². The van der Waals surface area contributed by atoms with Gasteiger partial charge in [0.2, 0.25) is 0 Å². The van der Waals surface area contributed by atoms with Crippen LogP contribution in [-0.4, -0.2) is 53.1 Å². The SMILES string of the molecule is CC(C)[C@]12OP(=O)([O-])O[C@H]1[C@]13O[C@H]1C[C@H]1C4=C(CC[C@]1(C)[C@@]31OC1[C@H]2Cl)C(=O)OC4.[Na+]. The number of hydrogen-bond donors (Lipinski definition) is 0. The average molecular weight is 481 g/mol. The molecule has 0 aromatic heterocycles. The molecule has 3 saturated heterocycles. The first-order valence-corrected chi connectivity index (χ1v) is 12.5. The number of alkyl halides is 1. The quantitative estimate of drug-likeness (QED) is 0.152. The van der Waals surface area contributed by atoms with E-state index in [4.69, 9.17) is 34.9 Å². The van der Waals surface area contributed by atoms with E-state index in [1.54, 1.807) is 0 Å². The first kappa shape index (κ1) is 22.0. The van der Waals surface area contributed by atoms with Gasteiger partial charge in [-0.3, -0.25) is 4.57 Å². The normalized spacial score (nSPS) is 60.1. The second-order valence-corrected chi connectivity index (χ2v) is 12.2. The summed E-state index contributed by atoms with van der Waals surface area (Å²) in [6.07, 6.45) is 0.516. The molecule has 8 nitrogen and oxygen atoms in total. The summed E-state index contributed by atoms with van der Waals surface area (Å²) in [5, 5.41) is -0.699. The number of phosphoric ester groups is 1. The van der Waals surface area contributed by atoms with Crippen LogP contribution in [0.3, 0.4) is 0 Å². The molecule has 2 spiro atoms. The number of halogens is 1. The van der Waals surface area contributed by atoms with E-state index in [2.05, 4.69) is 6.92 Å². The third kappa shape index (κ3) is 2.11. The molecule has 7 rings (SSSR count). The van der Waals surface area contributed by atoms with Crippen molar-refractivity contribution in [3.63, 3.8) is 0 Å². The molecule has 2 saturated carbocycles. The first-order chi connectivity index (χ1) is 14.1. The fourth-order valence-electron chi connectivity index (χ4n) is 7.90. The molecule has 2 unspecified atom stereocenters. The van der Waals surface area contributed by atoms with Crippen LogP contribution < -0.4 is 34.5 Å². The average Bonchev–Trinajstić information content (AvgIpc) is 3.52. The van der Waals surface area contributed by atoms with Crippen molar-refractivity contribution in [1.82, 2.24) is 0 Å². The van der Waals surface area contributed by atoms with Crippen LogP contribution in [-0.2, 0) is 32.6 Å². The number of cyclic esters (lactones) is 1. The molecule has 164 valence electrons. The van der Waals surface area contributed by atoms with Crippen LogP contribution in [0, 0.1) is 17.3 Å². The Morgan fingerprint density at radius 1 is 1.29 bits per heavy atom. The number of ether oxygens (including phenoxy) is 3. The van der Waals surface area contributed by atoms with Gasteiger partial charge in [-0.2, -0.15) is 0 Å². The molecule has 5 fully saturated rings. The zero-order valence-corrected chi connectivity index (χ0v) is 21.5. The molecule has 0 radical (unpaired) electrons. The summed E-state index contributed by atoms with van der Waals surface area (Å²) in [4.78, 5) is 24.7. The van der Waals surface area contributed by atoms with Crippen molar-refractivity contribution in [2.75, 3.05) is 6.61 Å². The minimum Gasteiger partial charge on any atom is -0.756 e. The molecule has 11 heteroatoms. The first-order valence-electron chi connectivity index (χ1n) is 10.6. The van der Waals surface area contributed by atoms with Crippen molar-refractivity contribution in [2.24, 2.45) is 17.3 Å². The maximum Gasteiger partial charge on any atom is 1.00 e. The molecule has 7 aliphatic rings. The topological polar surface area (TPSA) is 110 Å². The Labute approximate surface area is 207 Å². The Bertz CT molecular complexity index is 1000. The van der Waals surface area contributed by atoms with Crippen molar-refractivity contribution < 1.29 is 67.1 Å². The summed E-state index contributed by atoms with van der Waals surface area (Å²) in [6.45, 7) is 6.27. The maximum atomic E-state index is 12.5. The van der Waals surface area contributed by atoms with E-state index in [1.807, 2.05) is 13.8 Å². The number of rotatable bonds is 1. The van der Waals surface area contributed by atoms with Crippen molar-refractivity contribution in [3.05, 3.63) is 11.1 Å². The maximum absolute atomic E-state index is 12.5. The van der Waals surface area contributed by atoms with E-state index in [0.717, 1.165) is 17.6 Å². The summed E-state index contributed by atoms with van der Waals surface area (Å²) in [6, 6.07) is 0. The van der Waals surface area contributed by atoms with Gasteiger partial charge in [-0.25, -0.2) is 4.79 Å². The predicted molar refractivity (Wildman–Crippen MR) is 99.4 cm³/mol. The van der Waals surface area contributed by atoms with Gasteiger partial charge in [0, 0.05) is 11.0 Å². The van der Waals surface area contributed by atoms with E-state index in [0.29, 0.717) is 19.4 Å². The third-order valence-electron chi connectivity index (χ3n) is 9.27. The number of carbonyl (C=O) groups excluding carboxylic acids is 1. The summed E-state index contributed by atoms with van der Waals surface area (Å²) < 4.78 is 42.0. The molecule has 0 N–H and O–H groups in total. The van der Waals surface area contributed by atoms with Gasteiger partial charge in [-0.1, -0.05) is 20.8 Å². The van der Waals surface area contributed by atoms with Gasteiger partial charge in [0.15, 0.2) is 5.60 Å². The number of hydrogen-bond acceptors (Lipinski definition) is 8. The Kier molecular flexibility index (Phi) is 4.27. The van der Waals surface area contributed by atoms with Crippen molar-refractivity contribution in [3.8, 4) is 0 Å². The summed E-state index contributed by atoms with van der Waals surface area (Å²) in [5.41, 5.74) is -1.43. The number of esters is 1. The molecular formula is C20H23ClNaO8P. The van der Waals surface area contributed by atoms with Gasteiger partial charge in [0.05, 0.1) is 11.5 Å². The van der Waals surface area contributed by atoms with E-state index in [-0.39, 0.29) is 58.9 Å². The van der Waals surface area contributed by atoms with Gasteiger partial charge in [-0.15, -0.1) is 11.6 Å². The Balaban J connectivity index is 0.00000185. The molecule has 10 atom stereocenters. The second-order valence-electron chi connectivity index (χ2n) is 10.4. The molecule has 4 aliphatic heterocycles. The zero-order valence-electron chi connectivity index (χ0n) is 17.9. The standard InChI is InChI=1S/C20H24ClO8P.Na/c1-8(2)18-13(21)14-20(27-14)17(3)5-4-9-10(7-25-15(9)22)11(17)6-12-19(20,26-12)16(18)28-30(23,24)29-18;/h8,11-14,16H,4-7H2,1-3H3,(H,23,24);/q;+1/p-1/t11-,12-,13+,14?,16+,17-,18+,19+,20+;/m0./s1. The van der Waals surface area contributed by atoms with Gasteiger partial charge in [-0.05, 0) is 36.7 Å². The molecule has 4 heterocycles. The molecular weight excluding hydrogens is 458 g/mol. The summed E-state index contributed by atoms with van der Waals surface area (Å²) in [7, 11) is -4.52. The van der Waals surface area contributed by atoms with Crippen LogP contribution in [0.5, 0.6) is 0 Å². The monoisotopic (exact) mass is 480 g/mol. The molecule has 0 amide bonds. The minimum atomic E-state index is -4.52. The second kappa shape index (κ2) is 6.01. The molecule has 31 heavy (non-hydrogen) atoms. The Hall–Kier alpha value is 0.530. The van der Waals surface area contributed by atoms with Gasteiger partial charge in [0.1, 0.15) is 30.0 Å². The van der Waals surface area contributed by atoms with Crippen LogP contribution in [0.15, 0.2) is 11.1 Å². The largest absolute Gasteiger partial charge is 1.00 e. The minimum absolute atomic E-state index is 0. The van der Waals surface area contributed by atoms with Gasteiger partial charge in [0.25, 0.3) is 7.82 Å². The number of carbonyl (C=O) groups is 1. The predicted octanol–water partition coefficient (Wildman–Crippen LogP) is -1.16. The number of phosphoric acid groups is 1. The Morgan fingerprint density at radius 2 is 2.03 bits per heavy atom.